The average Bonchev–Trinajstić information content (AvgIpc) is 2.59. The number of fused-ring (bicyclic) bond motifs is 1. The molecule has 1 N–H and O–H groups in total. The molecule has 0 saturated heterocycles. The first-order chi connectivity index (χ1) is 9.40. The number of hydrogen-bond donors (Lipinski definition) is 1. The van der Waals surface area contributed by atoms with Gasteiger partial charge in [0.25, 0.3) is 0 Å². The predicted octanol–water partition coefficient (Wildman–Crippen LogP) is 3.89. The first-order valence-electron chi connectivity index (χ1n) is 7.56. The van der Waals surface area contributed by atoms with Crippen molar-refractivity contribution >= 4 is 11.6 Å². The molecule has 1 aliphatic rings. The highest BCUT2D eigenvalue weighted by atomic mass is 35.5. The van der Waals surface area contributed by atoms with Gasteiger partial charge in [0.2, 0.25) is 0 Å². The van der Waals surface area contributed by atoms with Crippen LogP contribution in [0.15, 0.2) is 18.2 Å². The molecule has 0 amide bonds. The molecule has 1 aliphatic carbocycles. The summed E-state index contributed by atoms with van der Waals surface area (Å²) in [7, 11) is 4.26. The predicted molar refractivity (Wildman–Crippen MR) is 87.5 cm³/mol. The quantitative estimate of drug-likeness (QED) is 0.801. The van der Waals surface area contributed by atoms with Crippen molar-refractivity contribution in [2.24, 2.45) is 5.41 Å². The fraction of sp³-hybridized carbons (Fsp3) is 0.647. The molecule has 1 aromatic rings. The zero-order chi connectivity index (χ0) is 14.8. The monoisotopic (exact) mass is 294 g/mol. The van der Waals surface area contributed by atoms with Crippen LogP contribution in [0.3, 0.4) is 0 Å². The van der Waals surface area contributed by atoms with E-state index in [1.165, 1.54) is 24.0 Å². The fourth-order valence-corrected chi connectivity index (χ4v) is 3.38. The molecule has 0 fully saturated rings. The molecule has 112 valence electrons. The number of unbranched alkanes of at least 4 members (excludes halogenated alkanes) is 1. The SMILES string of the molecule is CN(C)CCCCNC1c2cc(Cl)ccc2CC1(C)C. The summed E-state index contributed by atoms with van der Waals surface area (Å²) in [5, 5.41) is 4.60. The molecule has 0 heterocycles. The molecule has 0 aliphatic heterocycles. The molecular formula is C17H27ClN2. The van der Waals surface area contributed by atoms with Gasteiger partial charge < -0.3 is 10.2 Å². The van der Waals surface area contributed by atoms with Crippen molar-refractivity contribution in [3.05, 3.63) is 34.3 Å². The lowest BCUT2D eigenvalue weighted by atomic mass is 9.85. The third-order valence-electron chi connectivity index (χ3n) is 4.23. The number of benzene rings is 1. The minimum absolute atomic E-state index is 0.272. The van der Waals surface area contributed by atoms with E-state index in [0.29, 0.717) is 6.04 Å². The average molecular weight is 295 g/mol. The summed E-state index contributed by atoms with van der Waals surface area (Å²) < 4.78 is 0. The van der Waals surface area contributed by atoms with Crippen LogP contribution in [-0.4, -0.2) is 32.1 Å². The zero-order valence-corrected chi connectivity index (χ0v) is 13.9. The summed E-state index contributed by atoms with van der Waals surface area (Å²) in [5.41, 5.74) is 3.12. The molecule has 2 nitrogen and oxygen atoms in total. The van der Waals surface area contributed by atoms with Crippen molar-refractivity contribution in [1.82, 2.24) is 10.2 Å². The van der Waals surface area contributed by atoms with Gasteiger partial charge in [-0.2, -0.15) is 0 Å². The van der Waals surface area contributed by atoms with Gasteiger partial charge in [-0.3, -0.25) is 0 Å². The third-order valence-corrected chi connectivity index (χ3v) is 4.46. The van der Waals surface area contributed by atoms with E-state index in [1.54, 1.807) is 0 Å². The van der Waals surface area contributed by atoms with E-state index in [-0.39, 0.29) is 5.41 Å². The maximum atomic E-state index is 6.17. The smallest absolute Gasteiger partial charge is 0.0409 e. The van der Waals surface area contributed by atoms with Crippen LogP contribution in [0, 0.1) is 5.41 Å². The largest absolute Gasteiger partial charge is 0.309 e. The summed E-state index contributed by atoms with van der Waals surface area (Å²) in [5.74, 6) is 0. The molecular weight excluding hydrogens is 268 g/mol. The van der Waals surface area contributed by atoms with E-state index in [0.717, 1.165) is 24.5 Å². The van der Waals surface area contributed by atoms with E-state index in [9.17, 15) is 0 Å². The van der Waals surface area contributed by atoms with Gasteiger partial charge in [0.1, 0.15) is 0 Å². The fourth-order valence-electron chi connectivity index (χ4n) is 3.20. The molecule has 0 radical (unpaired) electrons. The van der Waals surface area contributed by atoms with Crippen molar-refractivity contribution in [3.8, 4) is 0 Å². The van der Waals surface area contributed by atoms with Crippen LogP contribution in [-0.2, 0) is 6.42 Å². The standard InChI is InChI=1S/C17H27ClN2/c1-17(2)12-13-7-8-14(18)11-15(13)16(17)19-9-5-6-10-20(3)4/h7-8,11,16,19H,5-6,9-10,12H2,1-4H3. The normalized spacial score (nSPS) is 20.4. The Kier molecular flexibility index (Phi) is 5.11. The van der Waals surface area contributed by atoms with E-state index >= 15 is 0 Å². The second-order valence-electron chi connectivity index (χ2n) is 6.91. The highest BCUT2D eigenvalue weighted by Gasteiger charge is 2.38. The number of hydrogen-bond acceptors (Lipinski definition) is 2. The first kappa shape index (κ1) is 15.8. The third kappa shape index (κ3) is 3.75. The lowest BCUT2D eigenvalue weighted by Crippen LogP contribution is -2.32. The van der Waals surface area contributed by atoms with Crippen LogP contribution in [0.2, 0.25) is 5.02 Å². The Morgan fingerprint density at radius 1 is 1.30 bits per heavy atom. The number of halogens is 1. The van der Waals surface area contributed by atoms with Gasteiger partial charge in [-0.05, 0) is 75.1 Å². The lowest BCUT2D eigenvalue weighted by Gasteiger charge is -2.29. The zero-order valence-electron chi connectivity index (χ0n) is 13.2. The summed E-state index contributed by atoms with van der Waals surface area (Å²) >= 11 is 6.17. The number of rotatable bonds is 6. The van der Waals surface area contributed by atoms with Crippen molar-refractivity contribution in [3.63, 3.8) is 0 Å². The van der Waals surface area contributed by atoms with Crippen LogP contribution >= 0.6 is 11.6 Å². The summed E-state index contributed by atoms with van der Waals surface area (Å²) in [6, 6.07) is 6.77. The number of nitrogens with zero attached hydrogens (tertiary/aromatic N) is 1. The molecule has 2 rings (SSSR count). The summed E-state index contributed by atoms with van der Waals surface area (Å²) in [6.45, 7) is 6.93. The van der Waals surface area contributed by atoms with Crippen molar-refractivity contribution < 1.29 is 0 Å². The second-order valence-corrected chi connectivity index (χ2v) is 7.34. The van der Waals surface area contributed by atoms with Gasteiger partial charge in [0, 0.05) is 11.1 Å². The van der Waals surface area contributed by atoms with Gasteiger partial charge in [-0.25, -0.2) is 0 Å². The molecule has 1 unspecified atom stereocenters. The van der Waals surface area contributed by atoms with Crippen LogP contribution in [0.1, 0.15) is 43.9 Å². The minimum Gasteiger partial charge on any atom is -0.309 e. The highest BCUT2D eigenvalue weighted by molar-refractivity contribution is 6.30. The molecule has 20 heavy (non-hydrogen) atoms. The van der Waals surface area contributed by atoms with E-state index in [2.05, 4.69) is 50.3 Å². The molecule has 0 bridgehead atoms. The van der Waals surface area contributed by atoms with Gasteiger partial charge in [0.15, 0.2) is 0 Å². The molecule has 0 aromatic heterocycles. The molecule has 0 saturated carbocycles. The van der Waals surface area contributed by atoms with Crippen molar-refractivity contribution in [2.45, 2.75) is 39.2 Å². The van der Waals surface area contributed by atoms with Crippen LogP contribution < -0.4 is 5.32 Å². The highest BCUT2D eigenvalue weighted by Crippen LogP contribution is 2.45. The van der Waals surface area contributed by atoms with E-state index in [1.807, 2.05) is 6.07 Å². The first-order valence-corrected chi connectivity index (χ1v) is 7.94. The Bertz CT molecular complexity index is 454. The molecule has 1 aromatic carbocycles. The van der Waals surface area contributed by atoms with E-state index < -0.39 is 0 Å². The minimum atomic E-state index is 0.272. The summed E-state index contributed by atoms with van der Waals surface area (Å²) in [6.07, 6.45) is 3.60. The van der Waals surface area contributed by atoms with Crippen molar-refractivity contribution in [2.75, 3.05) is 27.2 Å². The van der Waals surface area contributed by atoms with Gasteiger partial charge in [-0.1, -0.05) is 31.5 Å². The Morgan fingerprint density at radius 3 is 2.75 bits per heavy atom. The van der Waals surface area contributed by atoms with Crippen LogP contribution in [0.25, 0.3) is 0 Å². The Labute approximate surface area is 128 Å². The van der Waals surface area contributed by atoms with Crippen LogP contribution in [0.5, 0.6) is 0 Å². The van der Waals surface area contributed by atoms with E-state index in [4.69, 9.17) is 11.6 Å². The molecule has 3 heteroatoms. The van der Waals surface area contributed by atoms with Gasteiger partial charge in [-0.15, -0.1) is 0 Å². The Morgan fingerprint density at radius 2 is 2.05 bits per heavy atom. The maximum absolute atomic E-state index is 6.17. The Hall–Kier alpha value is -0.570. The van der Waals surface area contributed by atoms with Gasteiger partial charge in [0.05, 0.1) is 0 Å². The maximum Gasteiger partial charge on any atom is 0.0409 e. The van der Waals surface area contributed by atoms with Crippen LogP contribution in [0.4, 0.5) is 0 Å². The Balaban J connectivity index is 1.95. The topological polar surface area (TPSA) is 15.3 Å². The van der Waals surface area contributed by atoms with Crippen molar-refractivity contribution in [1.29, 1.82) is 0 Å². The van der Waals surface area contributed by atoms with Gasteiger partial charge >= 0.3 is 0 Å². The summed E-state index contributed by atoms with van der Waals surface area (Å²) in [4.78, 5) is 2.24. The molecule has 1 atom stereocenters. The second kappa shape index (κ2) is 6.46. The lowest BCUT2D eigenvalue weighted by molar-refractivity contribution is 0.267. The molecule has 0 spiro atoms. The number of nitrogens with one attached hydrogen (secondary N) is 1.